The SMILES string of the molecule is COc1ccc(SCC(=O)OCC(=O)NC(=O)NC2CCCC2)cc1. The van der Waals surface area contributed by atoms with Crippen LogP contribution in [0, 0.1) is 0 Å². The first-order chi connectivity index (χ1) is 12.1. The summed E-state index contributed by atoms with van der Waals surface area (Å²) in [6.45, 7) is -0.472. The average molecular weight is 366 g/mol. The van der Waals surface area contributed by atoms with Gasteiger partial charge in [0.1, 0.15) is 5.75 Å². The van der Waals surface area contributed by atoms with E-state index in [-0.39, 0.29) is 11.8 Å². The van der Waals surface area contributed by atoms with Crippen molar-refractivity contribution in [2.24, 2.45) is 0 Å². The molecule has 1 aliphatic rings. The Balaban J connectivity index is 1.61. The Morgan fingerprint density at radius 2 is 1.84 bits per heavy atom. The lowest BCUT2D eigenvalue weighted by Crippen LogP contribution is -2.45. The molecule has 0 aromatic heterocycles. The second kappa shape index (κ2) is 9.93. The van der Waals surface area contributed by atoms with E-state index in [9.17, 15) is 14.4 Å². The van der Waals surface area contributed by atoms with E-state index in [0.29, 0.717) is 0 Å². The highest BCUT2D eigenvalue weighted by Crippen LogP contribution is 2.21. The molecule has 0 aliphatic heterocycles. The van der Waals surface area contributed by atoms with E-state index in [2.05, 4.69) is 10.6 Å². The number of esters is 1. The van der Waals surface area contributed by atoms with E-state index in [4.69, 9.17) is 9.47 Å². The van der Waals surface area contributed by atoms with Gasteiger partial charge < -0.3 is 14.8 Å². The molecule has 0 bridgehead atoms. The van der Waals surface area contributed by atoms with Crippen molar-refractivity contribution in [2.75, 3.05) is 19.5 Å². The normalized spacial score (nSPS) is 14.0. The zero-order valence-electron chi connectivity index (χ0n) is 14.1. The van der Waals surface area contributed by atoms with Crippen LogP contribution in [-0.4, -0.2) is 43.4 Å². The zero-order chi connectivity index (χ0) is 18.1. The fourth-order valence-corrected chi connectivity index (χ4v) is 3.15. The van der Waals surface area contributed by atoms with Gasteiger partial charge in [-0.05, 0) is 37.1 Å². The minimum Gasteiger partial charge on any atom is -0.497 e. The van der Waals surface area contributed by atoms with Crippen LogP contribution in [0.25, 0.3) is 0 Å². The van der Waals surface area contributed by atoms with Gasteiger partial charge in [0.2, 0.25) is 0 Å². The third-order valence-electron chi connectivity index (χ3n) is 3.72. The highest BCUT2D eigenvalue weighted by molar-refractivity contribution is 8.00. The zero-order valence-corrected chi connectivity index (χ0v) is 14.9. The average Bonchev–Trinajstić information content (AvgIpc) is 3.11. The molecule has 7 nitrogen and oxygen atoms in total. The number of ether oxygens (including phenoxy) is 2. The van der Waals surface area contributed by atoms with Gasteiger partial charge in [0.15, 0.2) is 6.61 Å². The highest BCUT2D eigenvalue weighted by Gasteiger charge is 2.18. The molecule has 3 amide bonds. The molecular weight excluding hydrogens is 344 g/mol. The van der Waals surface area contributed by atoms with Crippen LogP contribution in [0.3, 0.4) is 0 Å². The van der Waals surface area contributed by atoms with Gasteiger partial charge >= 0.3 is 12.0 Å². The van der Waals surface area contributed by atoms with Gasteiger partial charge in [0, 0.05) is 10.9 Å². The van der Waals surface area contributed by atoms with Gasteiger partial charge in [0.25, 0.3) is 5.91 Å². The topological polar surface area (TPSA) is 93.7 Å². The molecule has 1 fully saturated rings. The number of nitrogens with one attached hydrogen (secondary N) is 2. The van der Waals surface area contributed by atoms with Crippen molar-refractivity contribution in [3.63, 3.8) is 0 Å². The number of thioether (sulfide) groups is 1. The van der Waals surface area contributed by atoms with Crippen molar-refractivity contribution in [1.82, 2.24) is 10.6 Å². The molecule has 1 aromatic rings. The summed E-state index contributed by atoms with van der Waals surface area (Å²) in [4.78, 5) is 35.8. The van der Waals surface area contributed by atoms with E-state index < -0.39 is 24.5 Å². The van der Waals surface area contributed by atoms with Crippen LogP contribution in [0.15, 0.2) is 29.2 Å². The number of amides is 3. The Morgan fingerprint density at radius 1 is 1.16 bits per heavy atom. The van der Waals surface area contributed by atoms with Crippen molar-refractivity contribution >= 4 is 29.7 Å². The van der Waals surface area contributed by atoms with E-state index in [1.807, 2.05) is 12.1 Å². The molecule has 1 aromatic carbocycles. The third-order valence-corrected chi connectivity index (χ3v) is 4.71. The van der Waals surface area contributed by atoms with Crippen LogP contribution in [-0.2, 0) is 14.3 Å². The summed E-state index contributed by atoms with van der Waals surface area (Å²) in [5.74, 6) is -0.349. The molecular formula is C17H22N2O5S. The summed E-state index contributed by atoms with van der Waals surface area (Å²) in [7, 11) is 1.58. The van der Waals surface area contributed by atoms with Crippen molar-refractivity contribution in [1.29, 1.82) is 0 Å². The summed E-state index contributed by atoms with van der Waals surface area (Å²) in [6.07, 6.45) is 4.03. The monoisotopic (exact) mass is 366 g/mol. The lowest BCUT2D eigenvalue weighted by atomic mass is 10.2. The maximum Gasteiger partial charge on any atom is 0.321 e. The molecule has 0 saturated heterocycles. The summed E-state index contributed by atoms with van der Waals surface area (Å²) in [5.41, 5.74) is 0. The second-order valence-corrected chi connectivity index (χ2v) is 6.68. The minimum atomic E-state index is -0.640. The van der Waals surface area contributed by atoms with Crippen molar-refractivity contribution in [3.05, 3.63) is 24.3 Å². The van der Waals surface area contributed by atoms with E-state index in [0.717, 1.165) is 36.3 Å². The Morgan fingerprint density at radius 3 is 2.48 bits per heavy atom. The van der Waals surface area contributed by atoms with Gasteiger partial charge in [-0.15, -0.1) is 11.8 Å². The molecule has 8 heteroatoms. The Hall–Kier alpha value is -2.22. The predicted octanol–water partition coefficient (Wildman–Crippen LogP) is 2.10. The second-order valence-electron chi connectivity index (χ2n) is 5.63. The number of hydrogen-bond donors (Lipinski definition) is 2. The Bertz CT molecular complexity index is 600. The lowest BCUT2D eigenvalue weighted by Gasteiger charge is -2.12. The van der Waals surface area contributed by atoms with Gasteiger partial charge in [-0.3, -0.25) is 14.9 Å². The molecule has 0 heterocycles. The number of benzene rings is 1. The Kier molecular flexibility index (Phi) is 7.59. The van der Waals surface area contributed by atoms with Crippen LogP contribution >= 0.6 is 11.8 Å². The summed E-state index contributed by atoms with van der Waals surface area (Å²) in [5, 5.41) is 4.89. The molecule has 1 aliphatic carbocycles. The van der Waals surface area contributed by atoms with Crippen LogP contribution in [0.2, 0.25) is 0 Å². The van der Waals surface area contributed by atoms with Crippen LogP contribution in [0.4, 0.5) is 4.79 Å². The van der Waals surface area contributed by atoms with Crippen LogP contribution < -0.4 is 15.4 Å². The first kappa shape index (κ1) is 19.1. The van der Waals surface area contributed by atoms with Crippen molar-refractivity contribution < 1.29 is 23.9 Å². The Labute approximate surface area is 150 Å². The van der Waals surface area contributed by atoms with Crippen molar-refractivity contribution in [3.8, 4) is 5.75 Å². The molecule has 2 rings (SSSR count). The molecule has 136 valence electrons. The number of rotatable bonds is 7. The largest absolute Gasteiger partial charge is 0.497 e. The minimum absolute atomic E-state index is 0.0773. The van der Waals surface area contributed by atoms with E-state index in [1.54, 1.807) is 19.2 Å². The number of carbonyl (C=O) groups is 3. The molecule has 0 spiro atoms. The number of imide groups is 1. The van der Waals surface area contributed by atoms with E-state index >= 15 is 0 Å². The summed E-state index contributed by atoms with van der Waals surface area (Å²) < 4.78 is 9.92. The molecule has 25 heavy (non-hydrogen) atoms. The molecule has 0 radical (unpaired) electrons. The smallest absolute Gasteiger partial charge is 0.321 e. The standard InChI is InChI=1S/C17H22N2O5S/c1-23-13-6-8-14(9-7-13)25-11-16(21)24-10-15(20)19-17(22)18-12-4-2-3-5-12/h6-9,12H,2-5,10-11H2,1H3,(H2,18,19,20,22). The van der Waals surface area contributed by atoms with Gasteiger partial charge in [-0.1, -0.05) is 12.8 Å². The number of hydrogen-bond acceptors (Lipinski definition) is 6. The maximum absolute atomic E-state index is 11.7. The lowest BCUT2D eigenvalue weighted by molar-refractivity contribution is -0.145. The first-order valence-electron chi connectivity index (χ1n) is 8.09. The van der Waals surface area contributed by atoms with Crippen molar-refractivity contribution in [2.45, 2.75) is 36.6 Å². The summed E-state index contributed by atoms with van der Waals surface area (Å²) >= 11 is 1.29. The number of methoxy groups -OCH3 is 1. The molecule has 1 saturated carbocycles. The van der Waals surface area contributed by atoms with Crippen LogP contribution in [0.1, 0.15) is 25.7 Å². The quantitative estimate of drug-likeness (QED) is 0.567. The first-order valence-corrected chi connectivity index (χ1v) is 9.08. The number of urea groups is 1. The maximum atomic E-state index is 11.7. The van der Waals surface area contributed by atoms with E-state index in [1.165, 1.54) is 11.8 Å². The van der Waals surface area contributed by atoms with Crippen LogP contribution in [0.5, 0.6) is 5.75 Å². The van der Waals surface area contributed by atoms with Gasteiger partial charge in [-0.2, -0.15) is 0 Å². The number of carbonyl (C=O) groups excluding carboxylic acids is 3. The third kappa shape index (κ3) is 7.04. The fraction of sp³-hybridized carbons (Fsp3) is 0.471. The molecule has 2 N–H and O–H groups in total. The summed E-state index contributed by atoms with van der Waals surface area (Å²) in [6, 6.07) is 6.83. The molecule has 0 unspecified atom stereocenters. The van der Waals surface area contributed by atoms with Gasteiger partial charge in [-0.25, -0.2) is 4.79 Å². The highest BCUT2D eigenvalue weighted by atomic mass is 32.2. The fourth-order valence-electron chi connectivity index (χ4n) is 2.46. The van der Waals surface area contributed by atoms with Gasteiger partial charge in [0.05, 0.1) is 12.9 Å². The predicted molar refractivity (Wildman–Crippen MR) is 93.6 cm³/mol. The molecule has 0 atom stereocenters.